The van der Waals surface area contributed by atoms with Crippen molar-refractivity contribution >= 4 is 53.3 Å². The van der Waals surface area contributed by atoms with Crippen molar-refractivity contribution in [3.63, 3.8) is 0 Å². The summed E-state index contributed by atoms with van der Waals surface area (Å²) in [5.41, 5.74) is 11.1. The van der Waals surface area contributed by atoms with E-state index >= 15 is 0 Å². The van der Waals surface area contributed by atoms with Gasteiger partial charge in [-0.3, -0.25) is 0 Å². The summed E-state index contributed by atoms with van der Waals surface area (Å²) in [6.07, 6.45) is 8.07. The Bertz CT molecular complexity index is 3810. The van der Waals surface area contributed by atoms with Crippen molar-refractivity contribution in [1.82, 2.24) is 19.5 Å². The summed E-state index contributed by atoms with van der Waals surface area (Å²) in [5.74, 6) is 1.32. The lowest BCUT2D eigenvalue weighted by Crippen LogP contribution is -2.09. The summed E-state index contributed by atoms with van der Waals surface area (Å²) in [6, 6.07) is 67.8. The molecule has 0 aliphatic heterocycles. The number of aromatic nitrogens is 4. The first-order chi connectivity index (χ1) is 32.6. The van der Waals surface area contributed by atoms with Gasteiger partial charge < -0.3 is 4.57 Å². The summed E-state index contributed by atoms with van der Waals surface area (Å²) in [6.45, 7) is 0. The monoisotopic (exact) mass is 860 g/mol. The van der Waals surface area contributed by atoms with Crippen LogP contribution in [0.25, 0.3) is 104 Å². The molecule has 0 amide bonds. The molecule has 308 valence electrons. The van der Waals surface area contributed by atoms with Crippen LogP contribution >= 0.6 is 11.3 Å². The van der Waals surface area contributed by atoms with Crippen molar-refractivity contribution in [3.8, 4) is 74.2 Å². The van der Waals surface area contributed by atoms with Gasteiger partial charge in [0.05, 0.1) is 40.3 Å². The minimum atomic E-state index is -0.286. The molecule has 2 atom stereocenters. The first-order valence-corrected chi connectivity index (χ1v) is 22.7. The third kappa shape index (κ3) is 6.66. The van der Waals surface area contributed by atoms with Crippen LogP contribution in [0.3, 0.4) is 0 Å². The molecular weight excluding hydrogens is 825 g/mol. The Morgan fingerprint density at radius 1 is 0.455 bits per heavy atom. The van der Waals surface area contributed by atoms with E-state index in [0.29, 0.717) is 23.0 Å². The summed E-state index contributed by atoms with van der Waals surface area (Å²) < 4.78 is 4.81. The van der Waals surface area contributed by atoms with E-state index < -0.39 is 0 Å². The lowest BCUT2D eigenvalue weighted by molar-refractivity contribution is 0.713. The van der Waals surface area contributed by atoms with Gasteiger partial charge in [0.1, 0.15) is 0 Å². The minimum Gasteiger partial charge on any atom is -0.309 e. The van der Waals surface area contributed by atoms with Crippen LogP contribution in [0.2, 0.25) is 0 Å². The summed E-state index contributed by atoms with van der Waals surface area (Å²) in [7, 11) is 0. The Kier molecular flexibility index (Phi) is 9.49. The van der Waals surface area contributed by atoms with Gasteiger partial charge in [-0.1, -0.05) is 152 Å². The second-order valence-electron chi connectivity index (χ2n) is 16.5. The van der Waals surface area contributed by atoms with E-state index in [-0.39, 0.29) is 11.8 Å². The lowest BCUT2D eigenvalue weighted by Gasteiger charge is -2.19. The van der Waals surface area contributed by atoms with Crippen LogP contribution in [0.1, 0.15) is 17.0 Å². The molecular formula is C59H36N6S. The molecule has 1 aliphatic rings. The Morgan fingerprint density at radius 2 is 1.08 bits per heavy atom. The van der Waals surface area contributed by atoms with Crippen molar-refractivity contribution in [2.45, 2.75) is 5.92 Å². The topological polar surface area (TPSA) is 91.2 Å². The highest BCUT2D eigenvalue weighted by Crippen LogP contribution is 2.43. The zero-order valence-electron chi connectivity index (χ0n) is 35.4. The fourth-order valence-electron chi connectivity index (χ4n) is 9.48. The average molecular weight is 861 g/mol. The van der Waals surface area contributed by atoms with Gasteiger partial charge in [-0.25, -0.2) is 15.0 Å². The van der Waals surface area contributed by atoms with E-state index in [0.717, 1.165) is 72.0 Å². The Morgan fingerprint density at radius 3 is 1.85 bits per heavy atom. The third-order valence-corrected chi connectivity index (χ3v) is 13.8. The van der Waals surface area contributed by atoms with Gasteiger partial charge in [0, 0.05) is 53.6 Å². The molecule has 0 spiro atoms. The highest BCUT2D eigenvalue weighted by molar-refractivity contribution is 7.25. The molecule has 8 aromatic carbocycles. The molecule has 11 aromatic rings. The van der Waals surface area contributed by atoms with E-state index in [2.05, 4.69) is 120 Å². The van der Waals surface area contributed by atoms with E-state index in [1.807, 2.05) is 114 Å². The molecule has 1 aliphatic carbocycles. The van der Waals surface area contributed by atoms with Gasteiger partial charge in [-0.15, -0.1) is 11.3 Å². The van der Waals surface area contributed by atoms with Crippen molar-refractivity contribution < 1.29 is 0 Å². The molecule has 0 fully saturated rings. The zero-order chi connectivity index (χ0) is 44.1. The van der Waals surface area contributed by atoms with Crippen LogP contribution < -0.4 is 0 Å². The highest BCUT2D eigenvalue weighted by atomic mass is 32.1. The molecule has 6 nitrogen and oxygen atoms in total. The number of thiophene rings is 1. The van der Waals surface area contributed by atoms with Gasteiger partial charge >= 0.3 is 0 Å². The summed E-state index contributed by atoms with van der Waals surface area (Å²) in [4.78, 5) is 15.7. The van der Waals surface area contributed by atoms with Gasteiger partial charge in [0.2, 0.25) is 0 Å². The molecule has 2 unspecified atom stereocenters. The second kappa shape index (κ2) is 16.1. The number of nitrogens with zero attached hydrogens (tertiary/aromatic N) is 6. The van der Waals surface area contributed by atoms with Crippen LogP contribution in [0.4, 0.5) is 0 Å². The van der Waals surface area contributed by atoms with Gasteiger partial charge in [-0.05, 0) is 82.4 Å². The number of allylic oxidation sites excluding steroid dienone is 4. The molecule has 0 saturated carbocycles. The third-order valence-electron chi connectivity index (χ3n) is 12.7. The second-order valence-corrected chi connectivity index (χ2v) is 17.6. The molecule has 12 rings (SSSR count). The number of hydrogen-bond acceptors (Lipinski definition) is 6. The van der Waals surface area contributed by atoms with Crippen LogP contribution in [-0.2, 0) is 0 Å². The fourth-order valence-corrected chi connectivity index (χ4v) is 10.6. The zero-order valence-corrected chi connectivity index (χ0v) is 36.2. The largest absolute Gasteiger partial charge is 0.309 e. The number of rotatable bonds is 7. The maximum Gasteiger partial charge on any atom is 0.166 e. The van der Waals surface area contributed by atoms with E-state index in [1.165, 1.54) is 20.2 Å². The van der Waals surface area contributed by atoms with Gasteiger partial charge in [-0.2, -0.15) is 10.5 Å². The maximum atomic E-state index is 10.2. The Labute approximate surface area is 385 Å². The smallest absolute Gasteiger partial charge is 0.166 e. The quantitative estimate of drug-likeness (QED) is 0.159. The van der Waals surface area contributed by atoms with Gasteiger partial charge in [0.15, 0.2) is 17.5 Å². The summed E-state index contributed by atoms with van der Waals surface area (Å²) >= 11 is 1.81. The van der Waals surface area contributed by atoms with Crippen molar-refractivity contribution in [2.24, 2.45) is 5.92 Å². The Hall–Kier alpha value is -8.75. The minimum absolute atomic E-state index is 0.101. The molecule has 0 saturated heterocycles. The van der Waals surface area contributed by atoms with Crippen LogP contribution in [0.15, 0.2) is 206 Å². The molecule has 0 radical (unpaired) electrons. The molecule has 7 heteroatoms. The molecule has 0 N–H and O–H groups in total. The molecule has 3 aromatic heterocycles. The predicted octanol–water partition coefficient (Wildman–Crippen LogP) is 14.9. The summed E-state index contributed by atoms with van der Waals surface area (Å²) in [5, 5.41) is 24.9. The number of fused-ring (bicyclic) bond motifs is 6. The van der Waals surface area contributed by atoms with E-state index in [9.17, 15) is 10.5 Å². The highest BCUT2D eigenvalue weighted by Gasteiger charge is 2.25. The van der Waals surface area contributed by atoms with Crippen LogP contribution in [0, 0.1) is 28.6 Å². The predicted molar refractivity (Wildman–Crippen MR) is 269 cm³/mol. The number of benzene rings is 8. The lowest BCUT2D eigenvalue weighted by atomic mass is 9.83. The Balaban J connectivity index is 1.14. The maximum absolute atomic E-state index is 10.2. The van der Waals surface area contributed by atoms with Crippen LogP contribution in [0.5, 0.6) is 0 Å². The van der Waals surface area contributed by atoms with Crippen LogP contribution in [-0.4, -0.2) is 19.5 Å². The first-order valence-electron chi connectivity index (χ1n) is 21.9. The van der Waals surface area contributed by atoms with Crippen molar-refractivity contribution in [3.05, 3.63) is 217 Å². The molecule has 3 heterocycles. The molecule has 0 bridgehead atoms. The molecule has 66 heavy (non-hydrogen) atoms. The average Bonchev–Trinajstić information content (AvgIpc) is 3.93. The normalized spacial score (nSPS) is 14.5. The standard InChI is InChI=1S/C59H36N6S/c60-35-43-17-7-9-19-45(43)41-25-29-52-49(32-41)50-33-42(46-20-10-8-18-44(46)36-61)26-30-53(50)65(52)54-28-24-39(40-23-27-48-47-21-11-12-22-55(47)66-56(48)34-40)31-51(54)59-63-57(37-13-3-1-4-14-37)62-58(64-59)38-15-5-2-6-16-38/h1-34,43,45H. The van der Waals surface area contributed by atoms with E-state index in [1.54, 1.807) is 0 Å². The number of nitriles is 2. The number of hydrogen-bond donors (Lipinski definition) is 0. The van der Waals surface area contributed by atoms with Crippen molar-refractivity contribution in [2.75, 3.05) is 0 Å². The van der Waals surface area contributed by atoms with E-state index in [4.69, 9.17) is 15.0 Å². The first kappa shape index (κ1) is 38.9. The fraction of sp³-hybridized carbons (Fsp3) is 0.0339. The van der Waals surface area contributed by atoms with Crippen molar-refractivity contribution in [1.29, 1.82) is 10.5 Å². The van der Waals surface area contributed by atoms with Gasteiger partial charge in [0.25, 0.3) is 0 Å². The SMILES string of the molecule is N#Cc1ccccc1-c1ccc2c(c1)c1cc(C3C=CC=CC3C#N)ccc1n2-c1ccc(-c2ccc3c(c2)sc2ccccc23)cc1-c1nc(-c2ccccc2)nc(-c2ccccc2)n1.